The first kappa shape index (κ1) is 13.3. The lowest BCUT2D eigenvalue weighted by molar-refractivity contribution is 0.352. The maximum atomic E-state index is 12.6. The van der Waals surface area contributed by atoms with Crippen LogP contribution in [-0.4, -0.2) is 31.8 Å². The smallest absolute Gasteiger partial charge is 0.159 e. The van der Waals surface area contributed by atoms with Crippen LogP contribution in [0.3, 0.4) is 0 Å². The first-order valence-electron chi connectivity index (χ1n) is 6.87. The van der Waals surface area contributed by atoms with Crippen LogP contribution in [0.15, 0.2) is 12.1 Å². The van der Waals surface area contributed by atoms with Crippen molar-refractivity contribution in [3.63, 3.8) is 0 Å². The summed E-state index contributed by atoms with van der Waals surface area (Å²) < 4.78 is 12.6. The first-order chi connectivity index (χ1) is 8.74. The molecule has 18 heavy (non-hydrogen) atoms. The summed E-state index contributed by atoms with van der Waals surface area (Å²) in [6.07, 6.45) is 4.29. The molecule has 1 aliphatic heterocycles. The molecule has 2 nitrogen and oxygen atoms in total. The Hall–Kier alpha value is -1.09. The number of likely N-dealkylation sites (N-methyl/N-ethyl adjacent to an activating group) is 1. The van der Waals surface area contributed by atoms with Gasteiger partial charge in [0.05, 0.1) is 0 Å². The number of fused-ring (bicyclic) bond motifs is 1. The topological polar surface area (TPSA) is 15.3 Å². The second kappa shape index (κ2) is 6.19. The molecule has 0 bridgehead atoms. The van der Waals surface area contributed by atoms with Crippen LogP contribution in [0, 0.1) is 0 Å². The van der Waals surface area contributed by atoms with E-state index >= 15 is 0 Å². The number of nitrogens with zero attached hydrogens (tertiary/aromatic N) is 1. The first-order valence-corrected chi connectivity index (χ1v) is 6.87. The zero-order chi connectivity index (χ0) is 13.0. The monoisotopic (exact) mass is 250 g/mol. The number of rotatable bonds is 4. The third-order valence-electron chi connectivity index (χ3n) is 3.73. The molecule has 0 spiro atoms. The van der Waals surface area contributed by atoms with E-state index in [4.69, 9.17) is 0 Å². The minimum absolute atomic E-state index is 0.491. The molecule has 0 aliphatic carbocycles. The van der Waals surface area contributed by atoms with Crippen LogP contribution in [0.1, 0.15) is 30.0 Å². The van der Waals surface area contributed by atoms with Gasteiger partial charge in [0.2, 0.25) is 0 Å². The van der Waals surface area contributed by atoms with E-state index in [-0.39, 0.29) is 0 Å². The van der Waals surface area contributed by atoms with Gasteiger partial charge in [-0.3, -0.25) is 0 Å². The SMILES string of the molecule is CCCc1cc2c(cc1NCF)CCN(C)CC2. The van der Waals surface area contributed by atoms with Gasteiger partial charge in [-0.2, -0.15) is 0 Å². The van der Waals surface area contributed by atoms with E-state index in [1.54, 1.807) is 0 Å². The molecule has 100 valence electrons. The number of alkyl halides is 1. The maximum Gasteiger partial charge on any atom is 0.159 e. The van der Waals surface area contributed by atoms with Gasteiger partial charge in [0.25, 0.3) is 0 Å². The van der Waals surface area contributed by atoms with Gasteiger partial charge in [0.1, 0.15) is 0 Å². The highest BCUT2D eigenvalue weighted by Gasteiger charge is 2.14. The summed E-state index contributed by atoms with van der Waals surface area (Å²) in [6, 6.07) is 4.45. The predicted molar refractivity (Wildman–Crippen MR) is 74.9 cm³/mol. The van der Waals surface area contributed by atoms with Crippen LogP contribution in [0.2, 0.25) is 0 Å². The minimum atomic E-state index is -0.491. The van der Waals surface area contributed by atoms with Crippen LogP contribution in [-0.2, 0) is 19.3 Å². The number of anilines is 1. The Kier molecular flexibility index (Phi) is 4.59. The molecular formula is C15H23FN2. The average molecular weight is 250 g/mol. The molecule has 0 radical (unpaired) electrons. The van der Waals surface area contributed by atoms with E-state index in [0.29, 0.717) is 0 Å². The summed E-state index contributed by atoms with van der Waals surface area (Å²) in [5.41, 5.74) is 5.09. The van der Waals surface area contributed by atoms with Crippen LogP contribution >= 0.6 is 0 Å². The third-order valence-corrected chi connectivity index (χ3v) is 3.73. The Morgan fingerprint density at radius 3 is 2.50 bits per heavy atom. The lowest BCUT2D eigenvalue weighted by Gasteiger charge is -2.14. The summed E-state index contributed by atoms with van der Waals surface area (Å²) in [7, 11) is 2.17. The Balaban J connectivity index is 2.32. The molecule has 3 heteroatoms. The zero-order valence-corrected chi connectivity index (χ0v) is 11.4. The van der Waals surface area contributed by atoms with E-state index in [1.165, 1.54) is 16.7 Å². The normalized spacial score (nSPS) is 16.2. The Labute approximate surface area is 109 Å². The fraction of sp³-hybridized carbons (Fsp3) is 0.600. The standard InChI is InChI=1S/C15H23FN2/c1-3-4-14-9-12-5-7-18(2)8-6-13(12)10-15(14)17-11-16/h9-10,17H,3-8,11H2,1-2H3. The van der Waals surface area contributed by atoms with Crippen molar-refractivity contribution in [2.75, 3.05) is 32.3 Å². The van der Waals surface area contributed by atoms with Crippen molar-refractivity contribution in [1.29, 1.82) is 0 Å². The number of aryl methyl sites for hydroxylation is 1. The van der Waals surface area contributed by atoms with Gasteiger partial charge < -0.3 is 10.2 Å². The van der Waals surface area contributed by atoms with Crippen molar-refractivity contribution < 1.29 is 4.39 Å². The van der Waals surface area contributed by atoms with Crippen LogP contribution in [0.25, 0.3) is 0 Å². The van der Waals surface area contributed by atoms with Gasteiger partial charge >= 0.3 is 0 Å². The molecule has 1 aromatic carbocycles. The van der Waals surface area contributed by atoms with E-state index < -0.39 is 6.80 Å². The van der Waals surface area contributed by atoms with E-state index in [9.17, 15) is 4.39 Å². The number of hydrogen-bond donors (Lipinski definition) is 1. The van der Waals surface area contributed by atoms with E-state index in [2.05, 4.69) is 36.3 Å². The molecule has 2 rings (SSSR count). The number of hydrogen-bond acceptors (Lipinski definition) is 2. The quantitative estimate of drug-likeness (QED) is 0.826. The van der Waals surface area contributed by atoms with Crippen LogP contribution in [0.5, 0.6) is 0 Å². The molecule has 0 saturated carbocycles. The van der Waals surface area contributed by atoms with Gasteiger partial charge in [-0.15, -0.1) is 0 Å². The summed E-state index contributed by atoms with van der Waals surface area (Å²) in [5.74, 6) is 0. The molecule has 0 unspecified atom stereocenters. The lowest BCUT2D eigenvalue weighted by Crippen LogP contribution is -2.20. The zero-order valence-electron chi connectivity index (χ0n) is 11.4. The highest BCUT2D eigenvalue weighted by atomic mass is 19.1. The molecule has 1 aromatic rings. The number of nitrogens with one attached hydrogen (secondary N) is 1. The van der Waals surface area contributed by atoms with Gasteiger partial charge in [-0.1, -0.05) is 19.4 Å². The molecule has 0 amide bonds. The summed E-state index contributed by atoms with van der Waals surface area (Å²) >= 11 is 0. The van der Waals surface area contributed by atoms with Gasteiger partial charge in [0.15, 0.2) is 6.80 Å². The van der Waals surface area contributed by atoms with Crippen molar-refractivity contribution in [3.05, 3.63) is 28.8 Å². The van der Waals surface area contributed by atoms with Crippen molar-refractivity contribution in [2.45, 2.75) is 32.6 Å². The van der Waals surface area contributed by atoms with Crippen molar-refractivity contribution in [2.24, 2.45) is 0 Å². The molecular weight excluding hydrogens is 227 g/mol. The van der Waals surface area contributed by atoms with Gasteiger partial charge in [-0.05, 0) is 49.1 Å². The summed E-state index contributed by atoms with van der Waals surface area (Å²) in [6.45, 7) is 3.89. The van der Waals surface area contributed by atoms with Crippen LogP contribution < -0.4 is 5.32 Å². The second-order valence-corrected chi connectivity index (χ2v) is 5.14. The van der Waals surface area contributed by atoms with Gasteiger partial charge in [0, 0.05) is 18.8 Å². The molecule has 1 aliphatic rings. The third kappa shape index (κ3) is 3.02. The molecule has 0 aromatic heterocycles. The average Bonchev–Trinajstić information content (AvgIpc) is 2.53. The Morgan fingerprint density at radius 1 is 1.22 bits per heavy atom. The van der Waals surface area contributed by atoms with E-state index in [0.717, 1.165) is 44.5 Å². The molecule has 1 N–H and O–H groups in total. The summed E-state index contributed by atoms with van der Waals surface area (Å²) in [5, 5.41) is 2.86. The Bertz CT molecular complexity index is 367. The highest BCUT2D eigenvalue weighted by Crippen LogP contribution is 2.25. The van der Waals surface area contributed by atoms with Crippen molar-refractivity contribution >= 4 is 5.69 Å². The maximum absolute atomic E-state index is 12.6. The van der Waals surface area contributed by atoms with Gasteiger partial charge in [-0.25, -0.2) is 4.39 Å². The number of halogens is 1. The predicted octanol–water partition coefficient (Wildman–Crippen LogP) is 3.01. The largest absolute Gasteiger partial charge is 0.358 e. The molecule has 0 fully saturated rings. The highest BCUT2D eigenvalue weighted by molar-refractivity contribution is 5.56. The molecule has 0 saturated heterocycles. The molecule has 0 atom stereocenters. The number of benzene rings is 1. The summed E-state index contributed by atoms with van der Waals surface area (Å²) in [4.78, 5) is 2.36. The molecule has 1 heterocycles. The second-order valence-electron chi connectivity index (χ2n) is 5.14. The minimum Gasteiger partial charge on any atom is -0.358 e. The van der Waals surface area contributed by atoms with Crippen molar-refractivity contribution in [3.8, 4) is 0 Å². The Morgan fingerprint density at radius 2 is 1.89 bits per heavy atom. The van der Waals surface area contributed by atoms with Crippen LogP contribution in [0.4, 0.5) is 10.1 Å². The fourth-order valence-corrected chi connectivity index (χ4v) is 2.65. The lowest BCUT2D eigenvalue weighted by atomic mass is 9.96. The van der Waals surface area contributed by atoms with E-state index in [1.807, 2.05) is 0 Å². The fourth-order valence-electron chi connectivity index (χ4n) is 2.65. The van der Waals surface area contributed by atoms with Crippen molar-refractivity contribution in [1.82, 2.24) is 4.90 Å².